The zero-order valence-electron chi connectivity index (χ0n) is 15.3. The first-order chi connectivity index (χ1) is 13.4. The van der Waals surface area contributed by atoms with Crippen LogP contribution in [-0.2, 0) is 21.2 Å². The fourth-order valence-corrected chi connectivity index (χ4v) is 5.65. The minimum atomic E-state index is -3.85. The Hall–Kier alpha value is -2.20. The Morgan fingerprint density at radius 1 is 1.11 bits per heavy atom. The van der Waals surface area contributed by atoms with Crippen LogP contribution in [0.4, 0.5) is 0 Å². The number of carbonyl (C=O) groups is 1. The molecule has 1 aromatic carbocycles. The highest BCUT2D eigenvalue weighted by atomic mass is 32.2. The Kier molecular flexibility index (Phi) is 6.50. The van der Waals surface area contributed by atoms with Gasteiger partial charge in [0.2, 0.25) is 10.0 Å². The third-order valence-electron chi connectivity index (χ3n) is 3.96. The van der Waals surface area contributed by atoms with Crippen LogP contribution in [0.25, 0.3) is 9.75 Å². The van der Waals surface area contributed by atoms with E-state index in [9.17, 15) is 13.2 Å². The summed E-state index contributed by atoms with van der Waals surface area (Å²) in [5.41, 5.74) is 0.141. The Morgan fingerprint density at radius 2 is 1.93 bits per heavy atom. The highest BCUT2D eigenvalue weighted by molar-refractivity contribution is 7.89. The molecule has 0 atom stereocenters. The maximum Gasteiger partial charge on any atom is 0.337 e. The molecule has 0 saturated carbocycles. The van der Waals surface area contributed by atoms with Crippen molar-refractivity contribution in [1.82, 2.24) is 4.72 Å². The van der Waals surface area contributed by atoms with E-state index in [1.54, 1.807) is 22.7 Å². The SMILES string of the molecule is COC(=O)c1ccc(OC)c(S(=O)(=O)NCCc2ccc(-c3cccs3)s2)c1. The molecule has 0 spiro atoms. The van der Waals surface area contributed by atoms with Gasteiger partial charge in [-0.1, -0.05) is 6.07 Å². The standard InChI is InChI=1S/C19H19NO5S3/c1-24-15-7-5-13(19(21)25-2)12-18(15)28(22,23)20-10-9-14-6-8-17(27-14)16-4-3-11-26-16/h3-8,11-12,20H,9-10H2,1-2H3. The molecule has 3 rings (SSSR count). The molecule has 0 saturated heterocycles. The summed E-state index contributed by atoms with van der Waals surface area (Å²) in [6, 6.07) is 12.3. The lowest BCUT2D eigenvalue weighted by Gasteiger charge is -2.11. The van der Waals surface area contributed by atoms with E-state index in [0.29, 0.717) is 6.42 Å². The van der Waals surface area contributed by atoms with E-state index in [0.717, 1.165) is 4.88 Å². The van der Waals surface area contributed by atoms with Crippen LogP contribution < -0.4 is 9.46 Å². The second kappa shape index (κ2) is 8.87. The lowest BCUT2D eigenvalue weighted by Crippen LogP contribution is -2.26. The molecule has 2 heterocycles. The molecule has 148 valence electrons. The Labute approximate surface area is 171 Å². The number of sulfonamides is 1. The zero-order valence-corrected chi connectivity index (χ0v) is 17.7. The maximum atomic E-state index is 12.7. The molecule has 2 aromatic heterocycles. The summed E-state index contributed by atoms with van der Waals surface area (Å²) in [5.74, 6) is -0.449. The second-order valence-corrected chi connectivity index (χ2v) is 9.60. The number of hydrogen-bond donors (Lipinski definition) is 1. The summed E-state index contributed by atoms with van der Waals surface area (Å²) >= 11 is 3.32. The minimum Gasteiger partial charge on any atom is -0.495 e. The van der Waals surface area contributed by atoms with Gasteiger partial charge in [0.25, 0.3) is 0 Å². The van der Waals surface area contributed by atoms with Gasteiger partial charge >= 0.3 is 5.97 Å². The van der Waals surface area contributed by atoms with Gasteiger partial charge in [0.05, 0.1) is 19.8 Å². The molecule has 3 aromatic rings. The van der Waals surface area contributed by atoms with Gasteiger partial charge in [0.1, 0.15) is 10.6 Å². The van der Waals surface area contributed by atoms with Gasteiger partial charge in [0.15, 0.2) is 0 Å². The quantitative estimate of drug-likeness (QED) is 0.542. The first kappa shape index (κ1) is 20.5. The maximum absolute atomic E-state index is 12.7. The molecule has 0 unspecified atom stereocenters. The molecule has 1 N–H and O–H groups in total. The van der Waals surface area contributed by atoms with Crippen molar-refractivity contribution in [1.29, 1.82) is 0 Å². The molecule has 6 nitrogen and oxygen atoms in total. The van der Waals surface area contributed by atoms with E-state index in [1.165, 1.54) is 42.2 Å². The Bertz CT molecular complexity index is 1060. The third kappa shape index (κ3) is 4.61. The molecule has 28 heavy (non-hydrogen) atoms. The molecular weight excluding hydrogens is 418 g/mol. The lowest BCUT2D eigenvalue weighted by atomic mass is 10.2. The van der Waals surface area contributed by atoms with Crippen molar-refractivity contribution >= 4 is 38.7 Å². The van der Waals surface area contributed by atoms with E-state index >= 15 is 0 Å². The van der Waals surface area contributed by atoms with Crippen LogP contribution in [-0.4, -0.2) is 35.2 Å². The second-order valence-electron chi connectivity index (χ2n) is 5.75. The summed E-state index contributed by atoms with van der Waals surface area (Å²) in [5, 5.41) is 2.03. The van der Waals surface area contributed by atoms with E-state index in [1.807, 2.05) is 23.6 Å². The van der Waals surface area contributed by atoms with Crippen LogP contribution in [0, 0.1) is 0 Å². The Morgan fingerprint density at radius 3 is 2.61 bits per heavy atom. The van der Waals surface area contributed by atoms with Crippen LogP contribution in [0.3, 0.4) is 0 Å². The molecule has 0 bridgehead atoms. The van der Waals surface area contributed by atoms with E-state index in [-0.39, 0.29) is 22.8 Å². The lowest BCUT2D eigenvalue weighted by molar-refractivity contribution is 0.0600. The molecule has 0 aliphatic heterocycles. The number of esters is 1. The smallest absolute Gasteiger partial charge is 0.337 e. The largest absolute Gasteiger partial charge is 0.495 e. The average molecular weight is 438 g/mol. The third-order valence-corrected chi connectivity index (χ3v) is 7.66. The van der Waals surface area contributed by atoms with Crippen LogP contribution in [0.1, 0.15) is 15.2 Å². The summed E-state index contributed by atoms with van der Waals surface area (Å²) in [7, 11) is -1.23. The average Bonchev–Trinajstić information content (AvgIpc) is 3.38. The number of methoxy groups -OCH3 is 2. The number of carbonyl (C=O) groups excluding carboxylic acids is 1. The van der Waals surface area contributed by atoms with Crippen LogP contribution in [0.15, 0.2) is 52.7 Å². The first-order valence-electron chi connectivity index (χ1n) is 8.33. The van der Waals surface area contributed by atoms with Crippen LogP contribution >= 0.6 is 22.7 Å². The van der Waals surface area contributed by atoms with Gasteiger partial charge in [-0.2, -0.15) is 0 Å². The van der Waals surface area contributed by atoms with E-state index in [2.05, 4.69) is 15.5 Å². The number of thiophene rings is 2. The summed E-state index contributed by atoms with van der Waals surface area (Å²) in [4.78, 5) is 15.1. The van der Waals surface area contributed by atoms with Gasteiger partial charge in [-0.15, -0.1) is 22.7 Å². The normalized spacial score (nSPS) is 11.4. The van der Waals surface area contributed by atoms with Crippen molar-refractivity contribution < 1.29 is 22.7 Å². The topological polar surface area (TPSA) is 81.7 Å². The fourth-order valence-electron chi connectivity index (χ4n) is 2.58. The van der Waals surface area contributed by atoms with Gasteiger partial charge in [-0.3, -0.25) is 0 Å². The number of hydrogen-bond acceptors (Lipinski definition) is 7. The van der Waals surface area contributed by atoms with Crippen molar-refractivity contribution in [2.45, 2.75) is 11.3 Å². The summed E-state index contributed by atoms with van der Waals surface area (Å²) in [6.07, 6.45) is 0.564. The number of nitrogens with one attached hydrogen (secondary N) is 1. The van der Waals surface area contributed by atoms with Crippen LogP contribution in [0.5, 0.6) is 5.75 Å². The Balaban J connectivity index is 1.71. The highest BCUT2D eigenvalue weighted by Crippen LogP contribution is 2.31. The van der Waals surface area contributed by atoms with Crippen molar-refractivity contribution in [2.75, 3.05) is 20.8 Å². The molecular formula is C19H19NO5S3. The molecule has 9 heteroatoms. The number of ether oxygens (including phenoxy) is 2. The van der Waals surface area contributed by atoms with Crippen molar-refractivity contribution in [2.24, 2.45) is 0 Å². The minimum absolute atomic E-state index is 0.0941. The van der Waals surface area contributed by atoms with E-state index < -0.39 is 16.0 Å². The van der Waals surface area contributed by atoms with Gasteiger partial charge in [-0.05, 0) is 48.2 Å². The van der Waals surface area contributed by atoms with E-state index in [4.69, 9.17) is 4.74 Å². The summed E-state index contributed by atoms with van der Waals surface area (Å²) < 4.78 is 37.8. The summed E-state index contributed by atoms with van der Waals surface area (Å²) in [6.45, 7) is 0.234. The molecule has 0 aliphatic rings. The predicted molar refractivity (Wildman–Crippen MR) is 111 cm³/mol. The number of rotatable bonds is 8. The fraction of sp³-hybridized carbons (Fsp3) is 0.211. The van der Waals surface area contributed by atoms with Crippen molar-refractivity contribution in [3.8, 4) is 15.5 Å². The molecule has 0 aliphatic carbocycles. The van der Waals surface area contributed by atoms with Crippen LogP contribution in [0.2, 0.25) is 0 Å². The highest BCUT2D eigenvalue weighted by Gasteiger charge is 2.21. The molecule has 0 radical (unpaired) electrons. The number of benzene rings is 1. The monoisotopic (exact) mass is 437 g/mol. The predicted octanol–water partition coefficient (Wildman–Crippen LogP) is 3.79. The van der Waals surface area contributed by atoms with Crippen molar-refractivity contribution in [3.63, 3.8) is 0 Å². The van der Waals surface area contributed by atoms with Gasteiger partial charge in [-0.25, -0.2) is 17.9 Å². The molecule has 0 amide bonds. The van der Waals surface area contributed by atoms with Crippen molar-refractivity contribution in [3.05, 3.63) is 58.3 Å². The van der Waals surface area contributed by atoms with Gasteiger partial charge < -0.3 is 9.47 Å². The van der Waals surface area contributed by atoms with Gasteiger partial charge in [0, 0.05) is 21.2 Å². The first-order valence-corrected chi connectivity index (χ1v) is 11.5. The molecule has 0 fully saturated rings. The zero-order chi connectivity index (χ0) is 20.1.